The van der Waals surface area contributed by atoms with E-state index in [4.69, 9.17) is 11.5 Å². The molecule has 1 aromatic rings. The van der Waals surface area contributed by atoms with Gasteiger partial charge >= 0.3 is 11.9 Å². The van der Waals surface area contributed by atoms with E-state index in [1.165, 1.54) is 32.9 Å². The maximum absolute atomic E-state index is 13.6. The number of carbonyl (C=O) groups excluding carboxylic acids is 8. The quantitative estimate of drug-likeness (QED) is 0.0470. The molecule has 0 aromatic heterocycles. The van der Waals surface area contributed by atoms with Crippen LogP contribution in [0, 0.1) is 17.8 Å². The van der Waals surface area contributed by atoms with Gasteiger partial charge in [0.15, 0.2) is 0 Å². The maximum atomic E-state index is 13.6. The van der Waals surface area contributed by atoms with Crippen LogP contribution < -0.4 is 48.7 Å². The van der Waals surface area contributed by atoms with Gasteiger partial charge in [-0.05, 0) is 55.2 Å². The minimum Gasteiger partial charge on any atom is -0.508 e. The summed E-state index contributed by atoms with van der Waals surface area (Å²) in [5.74, 6) is -11.8. The Morgan fingerprint density at radius 3 is 1.53 bits per heavy atom. The van der Waals surface area contributed by atoms with E-state index in [9.17, 15) is 63.3 Å². The van der Waals surface area contributed by atoms with Crippen LogP contribution >= 0.6 is 0 Å². The fraction of sp³-hybridized carbons (Fsp3) is 0.579. The topological polar surface area (TPSA) is 368 Å². The van der Waals surface area contributed by atoms with E-state index in [0.717, 1.165) is 0 Å². The Hall–Kier alpha value is -6.32. The monoisotopic (exact) mass is 849 g/mol. The van der Waals surface area contributed by atoms with Gasteiger partial charge in [0.05, 0.1) is 25.4 Å². The molecule has 0 aliphatic carbocycles. The fourth-order valence-electron chi connectivity index (χ4n) is 5.52. The number of aromatic hydroxyl groups is 1. The minimum atomic E-state index is -1.83. The predicted octanol–water partition coefficient (Wildman–Crippen LogP) is -2.90. The molecule has 0 radical (unpaired) electrons. The van der Waals surface area contributed by atoms with Gasteiger partial charge < -0.3 is 64.0 Å². The fourth-order valence-corrected chi connectivity index (χ4v) is 5.52. The number of nitrogens with two attached hydrogens (primary N) is 2. The minimum absolute atomic E-state index is 0.0174. The molecule has 0 aliphatic heterocycles. The first-order valence-electron chi connectivity index (χ1n) is 19.2. The van der Waals surface area contributed by atoms with Gasteiger partial charge in [0, 0.05) is 0 Å². The molecule has 0 bridgehead atoms. The van der Waals surface area contributed by atoms with Crippen molar-refractivity contribution in [3.8, 4) is 5.75 Å². The highest BCUT2D eigenvalue weighted by atomic mass is 16.4. The molecule has 14 N–H and O–H groups in total. The molecule has 22 nitrogen and oxygen atoms in total. The van der Waals surface area contributed by atoms with Crippen molar-refractivity contribution >= 4 is 59.2 Å². The molecular formula is C38H59N9O13. The molecule has 334 valence electrons. The Labute approximate surface area is 347 Å². The first-order chi connectivity index (χ1) is 27.8. The van der Waals surface area contributed by atoms with Gasteiger partial charge in [0.2, 0.25) is 47.3 Å². The highest BCUT2D eigenvalue weighted by Crippen LogP contribution is 2.12. The number of carboxylic acid groups (broad SMARTS) is 2. The standard InChI is InChI=1S/C38H59N9O13/c1-17(2)12-26(38(59)60)45-35(56)25(15-29(51)52)43-34(55)24(14-27(40)49)44-36(57)30(18(3)4)47-37(58)31(19(5)6)46-32(53)20(7)42-28(50)16-41-33(54)23(39)13-21-8-10-22(48)11-9-21/h8-11,17-20,23-26,30-31,48H,12-16,39H2,1-7H3,(H2,40,49)(H,41,54)(H,42,50)(H,43,55)(H,44,57)(H,45,56)(H,46,53)(H,47,58)(H,51,52)(H,59,60)/t20-,23-,24-,25-,26-,30-,31-/m0/s1. The maximum Gasteiger partial charge on any atom is 0.326 e. The van der Waals surface area contributed by atoms with Gasteiger partial charge in [-0.2, -0.15) is 0 Å². The van der Waals surface area contributed by atoms with Crippen molar-refractivity contribution in [2.24, 2.45) is 29.2 Å². The molecule has 0 unspecified atom stereocenters. The summed E-state index contributed by atoms with van der Waals surface area (Å²) in [4.78, 5) is 127. The average Bonchev–Trinajstić information content (AvgIpc) is 3.13. The van der Waals surface area contributed by atoms with E-state index in [-0.39, 0.29) is 24.5 Å². The van der Waals surface area contributed by atoms with Crippen molar-refractivity contribution < 1.29 is 63.3 Å². The summed E-state index contributed by atoms with van der Waals surface area (Å²) in [6.07, 6.45) is -1.71. The lowest BCUT2D eigenvalue weighted by Gasteiger charge is -2.29. The Balaban J connectivity index is 3.01. The molecule has 8 amide bonds. The zero-order valence-corrected chi connectivity index (χ0v) is 34.7. The molecule has 60 heavy (non-hydrogen) atoms. The van der Waals surface area contributed by atoms with Gasteiger partial charge in [0.25, 0.3) is 0 Å². The number of primary amides is 1. The number of carbonyl (C=O) groups is 10. The zero-order chi connectivity index (χ0) is 46.0. The lowest BCUT2D eigenvalue weighted by atomic mass is 9.99. The molecule has 0 heterocycles. The van der Waals surface area contributed by atoms with Crippen LogP contribution in [0.3, 0.4) is 0 Å². The summed E-state index contributed by atoms with van der Waals surface area (Å²) in [6, 6.07) is -3.87. The number of rotatable bonds is 25. The third-order valence-corrected chi connectivity index (χ3v) is 8.79. The van der Waals surface area contributed by atoms with Crippen LogP contribution in [0.2, 0.25) is 0 Å². The van der Waals surface area contributed by atoms with Crippen LogP contribution in [0.15, 0.2) is 24.3 Å². The molecule has 0 fully saturated rings. The lowest BCUT2D eigenvalue weighted by molar-refractivity contribution is -0.144. The third kappa shape index (κ3) is 18.5. The van der Waals surface area contributed by atoms with Crippen LogP contribution in [0.4, 0.5) is 0 Å². The molecule has 7 atom stereocenters. The Kier molecular flexibility index (Phi) is 21.2. The Bertz CT molecular complexity index is 1720. The van der Waals surface area contributed by atoms with Gasteiger partial charge in [-0.15, -0.1) is 0 Å². The molecule has 1 aromatic carbocycles. The van der Waals surface area contributed by atoms with Gasteiger partial charge in [-0.25, -0.2) is 4.79 Å². The summed E-state index contributed by atoms with van der Waals surface area (Å²) in [7, 11) is 0. The molecule has 0 spiro atoms. The van der Waals surface area contributed by atoms with Crippen LogP contribution in [0.1, 0.15) is 73.3 Å². The highest BCUT2D eigenvalue weighted by Gasteiger charge is 2.36. The molecule has 0 aliphatic rings. The molecule has 0 saturated carbocycles. The number of amides is 8. The second-order valence-corrected chi connectivity index (χ2v) is 15.4. The van der Waals surface area contributed by atoms with E-state index in [1.54, 1.807) is 39.8 Å². The SMILES string of the molecule is CC(C)C[C@H](NC(=O)[C@H](CC(=O)O)NC(=O)[C@H](CC(N)=O)NC(=O)[C@@H](NC(=O)[C@@H](NC(=O)[C@H](C)NC(=O)CNC(=O)[C@@H](N)Cc1ccc(O)cc1)C(C)C)C(C)C)C(=O)O. The summed E-state index contributed by atoms with van der Waals surface area (Å²) < 4.78 is 0. The highest BCUT2D eigenvalue weighted by molar-refractivity contribution is 5.99. The van der Waals surface area contributed by atoms with Crippen molar-refractivity contribution in [2.75, 3.05) is 6.54 Å². The summed E-state index contributed by atoms with van der Waals surface area (Å²) in [5, 5.41) is 44.7. The number of phenolic OH excluding ortho intramolecular Hbond substituents is 1. The van der Waals surface area contributed by atoms with E-state index in [2.05, 4.69) is 37.2 Å². The number of hydrogen-bond donors (Lipinski definition) is 12. The summed E-state index contributed by atoms with van der Waals surface area (Å²) >= 11 is 0. The average molecular weight is 850 g/mol. The van der Waals surface area contributed by atoms with Crippen molar-refractivity contribution in [1.29, 1.82) is 0 Å². The second kappa shape index (κ2) is 24.6. The first-order valence-corrected chi connectivity index (χ1v) is 19.2. The second-order valence-electron chi connectivity index (χ2n) is 15.4. The van der Waals surface area contributed by atoms with Gasteiger partial charge in [0.1, 0.15) is 42.0 Å². The molecule has 1 rings (SSSR count). The van der Waals surface area contributed by atoms with Crippen LogP contribution in [-0.2, 0) is 54.4 Å². The van der Waals surface area contributed by atoms with Crippen LogP contribution in [0.5, 0.6) is 5.75 Å². The number of nitrogens with one attached hydrogen (secondary N) is 7. The zero-order valence-electron chi connectivity index (χ0n) is 34.7. The number of benzene rings is 1. The van der Waals surface area contributed by atoms with E-state index in [1.807, 2.05) is 0 Å². The molecule has 0 saturated heterocycles. The first kappa shape index (κ1) is 51.7. The van der Waals surface area contributed by atoms with Crippen molar-refractivity contribution in [2.45, 2.75) is 116 Å². The predicted molar refractivity (Wildman–Crippen MR) is 213 cm³/mol. The van der Waals surface area contributed by atoms with E-state index < -0.39 is 133 Å². The van der Waals surface area contributed by atoms with Crippen molar-refractivity contribution in [1.82, 2.24) is 37.2 Å². The van der Waals surface area contributed by atoms with Crippen LogP contribution in [-0.4, -0.2) is 123 Å². The Morgan fingerprint density at radius 2 is 1.07 bits per heavy atom. The van der Waals surface area contributed by atoms with Gasteiger partial charge in [-0.1, -0.05) is 53.7 Å². The van der Waals surface area contributed by atoms with Crippen molar-refractivity contribution in [3.63, 3.8) is 0 Å². The smallest absolute Gasteiger partial charge is 0.326 e. The normalized spacial score (nSPS) is 14.6. The largest absolute Gasteiger partial charge is 0.508 e. The molecular weight excluding hydrogens is 790 g/mol. The number of carboxylic acids is 2. The van der Waals surface area contributed by atoms with Crippen LogP contribution in [0.25, 0.3) is 0 Å². The molecule has 22 heteroatoms. The van der Waals surface area contributed by atoms with E-state index >= 15 is 0 Å². The number of hydrogen-bond acceptors (Lipinski definition) is 12. The Morgan fingerprint density at radius 1 is 0.600 bits per heavy atom. The number of aliphatic carboxylic acids is 2. The van der Waals surface area contributed by atoms with Crippen molar-refractivity contribution in [3.05, 3.63) is 29.8 Å². The lowest BCUT2D eigenvalue weighted by Crippen LogP contribution is -2.61. The van der Waals surface area contributed by atoms with E-state index in [0.29, 0.717) is 5.56 Å². The van der Waals surface area contributed by atoms with Gasteiger partial charge in [-0.3, -0.25) is 43.2 Å². The third-order valence-electron chi connectivity index (χ3n) is 8.79. The number of phenols is 1. The summed E-state index contributed by atoms with van der Waals surface area (Å²) in [5.41, 5.74) is 11.9. The summed E-state index contributed by atoms with van der Waals surface area (Å²) in [6.45, 7) is 10.5.